The molecule has 7 nitrogen and oxygen atoms in total. The van der Waals surface area contributed by atoms with E-state index in [1.807, 2.05) is 37.4 Å². The van der Waals surface area contributed by atoms with Gasteiger partial charge in [-0.05, 0) is 71.0 Å². The highest BCUT2D eigenvalue weighted by Crippen LogP contribution is 2.26. The first-order valence-corrected chi connectivity index (χ1v) is 15.1. The van der Waals surface area contributed by atoms with Gasteiger partial charge in [-0.2, -0.15) is 11.8 Å². The van der Waals surface area contributed by atoms with Gasteiger partial charge in [0.15, 0.2) is 0 Å². The first kappa shape index (κ1) is 31.0. The summed E-state index contributed by atoms with van der Waals surface area (Å²) in [7, 11) is 0. The topological polar surface area (TPSA) is 87.7 Å². The summed E-state index contributed by atoms with van der Waals surface area (Å²) in [5.74, 6) is 0.290. The number of ether oxygens (including phenoxy) is 1. The minimum absolute atomic E-state index is 0.129. The molecule has 1 aromatic carbocycles. The van der Waals surface area contributed by atoms with Crippen molar-refractivity contribution >= 4 is 29.7 Å². The van der Waals surface area contributed by atoms with E-state index in [-0.39, 0.29) is 17.9 Å². The molecule has 0 spiro atoms. The van der Waals surface area contributed by atoms with Crippen molar-refractivity contribution in [3.05, 3.63) is 35.4 Å². The SMILES string of the molecule is CCCCN(C(=O)C(CCSC)NC(=O)OC(C)(C)C)C(C(=O)NC1CCCCC1)c1cccc(C)c1. The van der Waals surface area contributed by atoms with Crippen molar-refractivity contribution in [2.24, 2.45) is 0 Å². The summed E-state index contributed by atoms with van der Waals surface area (Å²) >= 11 is 1.61. The van der Waals surface area contributed by atoms with Crippen LogP contribution in [0, 0.1) is 6.92 Å². The summed E-state index contributed by atoms with van der Waals surface area (Å²) < 4.78 is 5.46. The fraction of sp³-hybridized carbons (Fsp3) is 0.690. The van der Waals surface area contributed by atoms with Crippen LogP contribution in [0.25, 0.3) is 0 Å². The van der Waals surface area contributed by atoms with Crippen LogP contribution >= 0.6 is 11.8 Å². The number of nitrogens with zero attached hydrogens (tertiary/aromatic N) is 1. The molecule has 2 unspecified atom stereocenters. The summed E-state index contributed by atoms with van der Waals surface area (Å²) in [6, 6.07) is 6.40. The maximum atomic E-state index is 14.1. The van der Waals surface area contributed by atoms with E-state index in [2.05, 4.69) is 17.6 Å². The van der Waals surface area contributed by atoms with Gasteiger partial charge in [0, 0.05) is 12.6 Å². The Morgan fingerprint density at radius 2 is 1.86 bits per heavy atom. The molecule has 2 N–H and O–H groups in total. The molecule has 1 saturated carbocycles. The molecule has 0 radical (unpaired) electrons. The quantitative estimate of drug-likeness (QED) is 0.357. The highest BCUT2D eigenvalue weighted by atomic mass is 32.2. The van der Waals surface area contributed by atoms with E-state index in [9.17, 15) is 14.4 Å². The number of thioether (sulfide) groups is 1. The van der Waals surface area contributed by atoms with Gasteiger partial charge >= 0.3 is 6.09 Å². The van der Waals surface area contributed by atoms with Crippen LogP contribution in [0.2, 0.25) is 0 Å². The standard InChI is InChI=1S/C29H47N3O4S/c1-7-8-18-32(27(34)24(17-19-37-6)31-28(35)36-29(3,4)5)25(22-14-12-13-21(2)20-22)26(33)30-23-15-10-9-11-16-23/h12-14,20,23-25H,7-11,15-19H2,1-6H3,(H,30,33)(H,31,35). The number of hydrogen-bond donors (Lipinski definition) is 2. The van der Waals surface area contributed by atoms with E-state index in [1.54, 1.807) is 37.4 Å². The first-order valence-electron chi connectivity index (χ1n) is 13.7. The van der Waals surface area contributed by atoms with Gasteiger partial charge in [0.1, 0.15) is 17.7 Å². The monoisotopic (exact) mass is 533 g/mol. The van der Waals surface area contributed by atoms with Crippen molar-refractivity contribution < 1.29 is 19.1 Å². The third-order valence-corrected chi connectivity index (χ3v) is 7.15. The van der Waals surface area contributed by atoms with Crippen molar-refractivity contribution in [2.75, 3.05) is 18.6 Å². The number of nitrogens with one attached hydrogen (secondary N) is 2. The summed E-state index contributed by atoms with van der Waals surface area (Å²) in [6.07, 6.45) is 8.77. The van der Waals surface area contributed by atoms with E-state index in [0.717, 1.165) is 49.7 Å². The molecule has 0 bridgehead atoms. The zero-order chi connectivity index (χ0) is 27.4. The minimum Gasteiger partial charge on any atom is -0.444 e. The number of unbranched alkanes of at least 4 members (excludes halogenated alkanes) is 1. The van der Waals surface area contributed by atoms with Gasteiger partial charge in [0.25, 0.3) is 0 Å². The number of rotatable bonds is 12. The molecule has 0 aliphatic heterocycles. The number of carbonyl (C=O) groups is 3. The second kappa shape index (κ2) is 15.3. The van der Waals surface area contributed by atoms with Crippen LogP contribution in [0.4, 0.5) is 4.79 Å². The van der Waals surface area contributed by atoms with Crippen LogP contribution in [0.15, 0.2) is 24.3 Å². The molecule has 0 saturated heterocycles. The second-order valence-corrected chi connectivity index (χ2v) is 12.0. The molecule has 208 valence electrons. The number of carbonyl (C=O) groups excluding carboxylic acids is 3. The van der Waals surface area contributed by atoms with Crippen molar-refractivity contribution in [1.29, 1.82) is 0 Å². The highest BCUT2D eigenvalue weighted by molar-refractivity contribution is 7.98. The Kier molecular flexibility index (Phi) is 12.8. The molecule has 0 aromatic heterocycles. The van der Waals surface area contributed by atoms with E-state index < -0.39 is 23.8 Å². The lowest BCUT2D eigenvalue weighted by molar-refractivity contribution is -0.143. The molecule has 8 heteroatoms. The molecule has 1 aliphatic carbocycles. The van der Waals surface area contributed by atoms with Crippen LogP contribution in [-0.4, -0.2) is 59.0 Å². The van der Waals surface area contributed by atoms with Crippen LogP contribution in [0.1, 0.15) is 96.2 Å². The zero-order valence-corrected chi connectivity index (χ0v) is 24.4. The van der Waals surface area contributed by atoms with Gasteiger partial charge in [-0.1, -0.05) is 62.4 Å². The van der Waals surface area contributed by atoms with Gasteiger partial charge in [-0.15, -0.1) is 0 Å². The third-order valence-electron chi connectivity index (χ3n) is 6.50. The number of benzene rings is 1. The second-order valence-electron chi connectivity index (χ2n) is 11.0. The van der Waals surface area contributed by atoms with E-state index >= 15 is 0 Å². The molecule has 1 aliphatic rings. The normalized spacial score (nSPS) is 15.9. The molecular formula is C29H47N3O4S. The Balaban J connectivity index is 2.42. The fourth-order valence-corrected chi connectivity index (χ4v) is 5.15. The molecule has 2 rings (SSSR count). The van der Waals surface area contributed by atoms with Gasteiger partial charge in [-0.3, -0.25) is 9.59 Å². The molecular weight excluding hydrogens is 486 g/mol. The van der Waals surface area contributed by atoms with Crippen molar-refractivity contribution in [3.8, 4) is 0 Å². The number of alkyl carbamates (subject to hydrolysis) is 1. The molecule has 37 heavy (non-hydrogen) atoms. The van der Waals surface area contributed by atoms with Crippen LogP contribution in [0.5, 0.6) is 0 Å². The Morgan fingerprint density at radius 3 is 2.46 bits per heavy atom. The smallest absolute Gasteiger partial charge is 0.408 e. The Hall–Kier alpha value is -2.22. The van der Waals surface area contributed by atoms with Crippen molar-refractivity contribution in [2.45, 2.75) is 110 Å². The van der Waals surface area contributed by atoms with Gasteiger partial charge in [-0.25, -0.2) is 4.79 Å². The molecule has 3 amide bonds. The number of hydrogen-bond acceptors (Lipinski definition) is 5. The van der Waals surface area contributed by atoms with Gasteiger partial charge in [0.05, 0.1) is 0 Å². The molecule has 1 fully saturated rings. The lowest BCUT2D eigenvalue weighted by atomic mass is 9.94. The molecule has 2 atom stereocenters. The van der Waals surface area contributed by atoms with Crippen molar-refractivity contribution in [3.63, 3.8) is 0 Å². The maximum absolute atomic E-state index is 14.1. The highest BCUT2D eigenvalue weighted by Gasteiger charge is 2.36. The summed E-state index contributed by atoms with van der Waals surface area (Å²) in [5, 5.41) is 6.06. The summed E-state index contributed by atoms with van der Waals surface area (Å²) in [4.78, 5) is 42.3. The fourth-order valence-electron chi connectivity index (χ4n) is 4.68. The third kappa shape index (κ3) is 10.6. The maximum Gasteiger partial charge on any atom is 0.408 e. The first-order chi connectivity index (χ1) is 17.6. The zero-order valence-electron chi connectivity index (χ0n) is 23.6. The number of aryl methyl sites for hydroxylation is 1. The predicted molar refractivity (Wildman–Crippen MR) is 152 cm³/mol. The van der Waals surface area contributed by atoms with Gasteiger partial charge < -0.3 is 20.3 Å². The average Bonchev–Trinajstić information content (AvgIpc) is 2.83. The predicted octanol–water partition coefficient (Wildman–Crippen LogP) is 5.76. The number of amides is 3. The van der Waals surface area contributed by atoms with Crippen LogP contribution < -0.4 is 10.6 Å². The van der Waals surface area contributed by atoms with Crippen molar-refractivity contribution in [1.82, 2.24) is 15.5 Å². The average molecular weight is 534 g/mol. The Labute approximate surface area is 227 Å². The Bertz CT molecular complexity index is 880. The lowest BCUT2D eigenvalue weighted by Gasteiger charge is -2.36. The Morgan fingerprint density at radius 1 is 1.16 bits per heavy atom. The largest absolute Gasteiger partial charge is 0.444 e. The molecule has 0 heterocycles. The van der Waals surface area contributed by atoms with E-state index in [0.29, 0.717) is 18.7 Å². The summed E-state index contributed by atoms with van der Waals surface area (Å²) in [5.41, 5.74) is 1.14. The minimum atomic E-state index is -0.783. The van der Waals surface area contributed by atoms with E-state index in [1.165, 1.54) is 6.42 Å². The molecule has 1 aromatic rings. The van der Waals surface area contributed by atoms with Gasteiger partial charge in [0.2, 0.25) is 11.8 Å². The van der Waals surface area contributed by atoms with Crippen LogP contribution in [-0.2, 0) is 14.3 Å². The summed E-state index contributed by atoms with van der Waals surface area (Å²) in [6.45, 7) is 9.87. The van der Waals surface area contributed by atoms with Crippen LogP contribution in [0.3, 0.4) is 0 Å². The van der Waals surface area contributed by atoms with E-state index in [4.69, 9.17) is 4.74 Å². The lowest BCUT2D eigenvalue weighted by Crippen LogP contribution is -2.54.